The minimum Gasteiger partial charge on any atom is -0.491 e. The highest BCUT2D eigenvalue weighted by atomic mass is 35.5. The van der Waals surface area contributed by atoms with Crippen LogP contribution in [0, 0.1) is 6.92 Å². The van der Waals surface area contributed by atoms with E-state index in [1.54, 1.807) is 19.4 Å². The maximum absolute atomic E-state index is 6.22. The quantitative estimate of drug-likeness (QED) is 0.743. The van der Waals surface area contributed by atoms with Crippen molar-refractivity contribution in [1.82, 2.24) is 9.97 Å². The fraction of sp³-hybridized carbons (Fsp3) is 0.250. The molecule has 2 aromatic rings. The largest absolute Gasteiger partial charge is 0.491 e. The summed E-state index contributed by atoms with van der Waals surface area (Å²) in [7, 11) is 1.56. The molecule has 2 rings (SSSR count). The molecule has 0 N–H and O–H groups in total. The smallest absolute Gasteiger partial charge is 0.222 e. The van der Waals surface area contributed by atoms with Crippen molar-refractivity contribution in [2.75, 3.05) is 13.7 Å². The summed E-state index contributed by atoms with van der Waals surface area (Å²) in [6, 6.07) is 3.67. The van der Waals surface area contributed by atoms with Gasteiger partial charge in [-0.2, -0.15) is 0 Å². The fourth-order valence-electron chi connectivity index (χ4n) is 1.92. The van der Waals surface area contributed by atoms with Gasteiger partial charge in [0.15, 0.2) is 11.5 Å². The zero-order chi connectivity index (χ0) is 16.1. The molecule has 0 spiro atoms. The summed E-state index contributed by atoms with van der Waals surface area (Å²) in [6.07, 6.45) is 5.43. The summed E-state index contributed by atoms with van der Waals surface area (Å²) in [4.78, 5) is 8.11. The van der Waals surface area contributed by atoms with Gasteiger partial charge in [-0.1, -0.05) is 17.7 Å². The molecule has 1 heterocycles. The van der Waals surface area contributed by atoms with Crippen LogP contribution in [0.1, 0.15) is 23.7 Å². The van der Waals surface area contributed by atoms with Crippen LogP contribution in [0.4, 0.5) is 0 Å². The first-order valence-electron chi connectivity index (χ1n) is 6.72. The Kier molecular flexibility index (Phi) is 5.63. The number of methoxy groups -OCH3 is 1. The lowest BCUT2D eigenvalue weighted by molar-refractivity contribution is 0.311. The molecule has 0 saturated heterocycles. The number of hydrogen-bond donors (Lipinski definition) is 0. The molecule has 0 radical (unpaired) electrons. The first-order chi connectivity index (χ1) is 10.5. The van der Waals surface area contributed by atoms with Crippen LogP contribution in [-0.2, 0) is 0 Å². The Balaban J connectivity index is 2.36. The Hall–Kier alpha value is -1.78. The summed E-state index contributed by atoms with van der Waals surface area (Å²) in [5.41, 5.74) is 2.57. The molecule has 0 fully saturated rings. The first kappa shape index (κ1) is 16.6. The van der Waals surface area contributed by atoms with Crippen molar-refractivity contribution in [3.05, 3.63) is 45.5 Å². The van der Waals surface area contributed by atoms with Crippen LogP contribution in [0.3, 0.4) is 0 Å². The van der Waals surface area contributed by atoms with Gasteiger partial charge in [-0.3, -0.25) is 0 Å². The highest BCUT2D eigenvalue weighted by molar-refractivity contribution is 6.32. The first-order valence-corrected chi connectivity index (χ1v) is 7.48. The van der Waals surface area contributed by atoms with Gasteiger partial charge in [-0.15, -0.1) is 0 Å². The molecule has 22 heavy (non-hydrogen) atoms. The van der Waals surface area contributed by atoms with Crippen molar-refractivity contribution in [1.29, 1.82) is 0 Å². The molecule has 116 valence electrons. The lowest BCUT2D eigenvalue weighted by Gasteiger charge is -2.11. The lowest BCUT2D eigenvalue weighted by atomic mass is 10.1. The van der Waals surface area contributed by atoms with E-state index >= 15 is 0 Å². The van der Waals surface area contributed by atoms with Gasteiger partial charge in [0.05, 0.1) is 24.4 Å². The summed E-state index contributed by atoms with van der Waals surface area (Å²) in [5, 5.41) is 0.707. The summed E-state index contributed by atoms with van der Waals surface area (Å²) in [5.74, 6) is 1.14. The molecule has 0 amide bonds. The van der Waals surface area contributed by atoms with Crippen LogP contribution < -0.4 is 9.47 Å². The van der Waals surface area contributed by atoms with E-state index in [4.69, 9.17) is 32.7 Å². The Morgan fingerprint density at radius 1 is 1.23 bits per heavy atom. The third-order valence-electron chi connectivity index (χ3n) is 2.95. The molecule has 1 aromatic carbocycles. The molecule has 0 bridgehead atoms. The van der Waals surface area contributed by atoms with Crippen LogP contribution in [-0.4, -0.2) is 23.7 Å². The van der Waals surface area contributed by atoms with E-state index in [1.165, 1.54) is 0 Å². The van der Waals surface area contributed by atoms with Crippen molar-refractivity contribution >= 4 is 35.4 Å². The summed E-state index contributed by atoms with van der Waals surface area (Å²) >= 11 is 12.0. The molecule has 0 aliphatic rings. The number of aromatic nitrogens is 2. The zero-order valence-electron chi connectivity index (χ0n) is 12.6. The predicted octanol–water partition coefficient (Wildman–Crippen LogP) is 4.67. The van der Waals surface area contributed by atoms with E-state index in [2.05, 4.69) is 9.97 Å². The Morgan fingerprint density at radius 2 is 2.00 bits per heavy atom. The normalized spacial score (nSPS) is 11.0. The standard InChI is InChI=1S/C16H16Cl2N2O2/c1-4-22-14-8-11(7-12(17)15(14)21-3)5-6-13-10(2)9-19-16(18)20-13/h5-9H,4H2,1-3H3/b6-5+. The molecule has 0 aliphatic carbocycles. The minimum atomic E-state index is 0.216. The second-order valence-electron chi connectivity index (χ2n) is 4.51. The number of ether oxygens (including phenoxy) is 2. The predicted molar refractivity (Wildman–Crippen MR) is 89.9 cm³/mol. The van der Waals surface area contributed by atoms with Crippen LogP contribution >= 0.6 is 23.2 Å². The number of halogens is 2. The molecule has 0 aliphatic heterocycles. The average Bonchev–Trinajstić information content (AvgIpc) is 2.48. The van der Waals surface area contributed by atoms with Crippen LogP contribution in [0.15, 0.2) is 18.3 Å². The fourth-order valence-corrected chi connectivity index (χ4v) is 2.36. The molecule has 0 atom stereocenters. The third-order valence-corrected chi connectivity index (χ3v) is 3.41. The molecule has 0 saturated carbocycles. The Morgan fingerprint density at radius 3 is 2.68 bits per heavy atom. The number of hydrogen-bond acceptors (Lipinski definition) is 4. The van der Waals surface area contributed by atoms with Gasteiger partial charge >= 0.3 is 0 Å². The van der Waals surface area contributed by atoms with Gasteiger partial charge < -0.3 is 9.47 Å². The molecular formula is C16H16Cl2N2O2. The van der Waals surface area contributed by atoms with Crippen molar-refractivity contribution in [3.63, 3.8) is 0 Å². The molecule has 6 heteroatoms. The zero-order valence-corrected chi connectivity index (χ0v) is 14.1. The van der Waals surface area contributed by atoms with Gasteiger partial charge in [0.25, 0.3) is 0 Å². The second-order valence-corrected chi connectivity index (χ2v) is 5.25. The number of nitrogens with zero attached hydrogens (tertiary/aromatic N) is 2. The van der Waals surface area contributed by atoms with Gasteiger partial charge in [0.1, 0.15) is 0 Å². The maximum atomic E-state index is 6.22. The monoisotopic (exact) mass is 338 g/mol. The lowest BCUT2D eigenvalue weighted by Crippen LogP contribution is -1.96. The molecule has 4 nitrogen and oxygen atoms in total. The van der Waals surface area contributed by atoms with Crippen molar-refractivity contribution in [3.8, 4) is 11.5 Å². The topological polar surface area (TPSA) is 44.2 Å². The van der Waals surface area contributed by atoms with Crippen LogP contribution in [0.5, 0.6) is 11.5 Å². The van der Waals surface area contributed by atoms with E-state index in [0.717, 1.165) is 16.8 Å². The maximum Gasteiger partial charge on any atom is 0.222 e. The van der Waals surface area contributed by atoms with E-state index in [0.29, 0.717) is 23.1 Å². The van der Waals surface area contributed by atoms with Crippen molar-refractivity contribution < 1.29 is 9.47 Å². The van der Waals surface area contributed by atoms with Gasteiger partial charge in [-0.25, -0.2) is 9.97 Å². The van der Waals surface area contributed by atoms with Crippen LogP contribution in [0.2, 0.25) is 10.3 Å². The van der Waals surface area contributed by atoms with Crippen molar-refractivity contribution in [2.45, 2.75) is 13.8 Å². The molecule has 0 unspecified atom stereocenters. The Labute approximate surface area is 139 Å². The minimum absolute atomic E-state index is 0.216. The SMILES string of the molecule is CCOc1cc(/C=C/c2nc(Cl)ncc2C)cc(Cl)c1OC. The van der Waals surface area contributed by atoms with E-state index < -0.39 is 0 Å². The number of benzene rings is 1. The van der Waals surface area contributed by atoms with Gasteiger partial charge in [0, 0.05) is 6.20 Å². The van der Waals surface area contributed by atoms with E-state index in [9.17, 15) is 0 Å². The number of rotatable bonds is 5. The third kappa shape index (κ3) is 3.90. The number of aryl methyl sites for hydroxylation is 1. The van der Waals surface area contributed by atoms with Crippen molar-refractivity contribution in [2.24, 2.45) is 0 Å². The molecular weight excluding hydrogens is 323 g/mol. The second kappa shape index (κ2) is 7.47. The average molecular weight is 339 g/mol. The van der Waals surface area contributed by atoms with Gasteiger partial charge in [0.2, 0.25) is 5.28 Å². The Bertz CT molecular complexity index is 703. The van der Waals surface area contributed by atoms with Crippen LogP contribution in [0.25, 0.3) is 12.2 Å². The van der Waals surface area contributed by atoms with E-state index in [1.807, 2.05) is 32.1 Å². The highest BCUT2D eigenvalue weighted by Crippen LogP contribution is 2.36. The summed E-state index contributed by atoms with van der Waals surface area (Å²) < 4.78 is 10.8. The van der Waals surface area contributed by atoms with Gasteiger partial charge in [-0.05, 0) is 54.8 Å². The summed E-state index contributed by atoms with van der Waals surface area (Å²) in [6.45, 7) is 4.35. The highest BCUT2D eigenvalue weighted by Gasteiger charge is 2.10. The molecule has 1 aromatic heterocycles. The van der Waals surface area contributed by atoms with E-state index in [-0.39, 0.29) is 5.28 Å².